The van der Waals surface area contributed by atoms with Gasteiger partial charge < -0.3 is 23.7 Å². The number of rotatable bonds is 9. The van der Waals surface area contributed by atoms with Crippen LogP contribution in [0.1, 0.15) is 62.3 Å². The first-order valence-electron chi connectivity index (χ1n) is 13.6. The standard InChI is InChI=1S/C30H46N2O6Si/c1-21(31-32-27(34)38-28(2,3)4)25-26(37-30(8,9)36-25)24(33)20-35-39(29(5,6)7,22-16-12-10-13-17-22)23-18-14-11-15-19-23/h10-19,21,24-26,31,33H,20H2,1-9H3,(H,32,34)/t21?,24-,25-,26+/m1/s1. The van der Waals surface area contributed by atoms with Gasteiger partial charge in [-0.05, 0) is 57.0 Å². The molecule has 1 unspecified atom stereocenters. The quantitative estimate of drug-likeness (QED) is 0.318. The van der Waals surface area contributed by atoms with Crippen LogP contribution in [-0.2, 0) is 18.6 Å². The Morgan fingerprint density at radius 3 is 1.90 bits per heavy atom. The summed E-state index contributed by atoms with van der Waals surface area (Å²) in [6, 6.07) is 20.2. The number of aliphatic hydroxyl groups excluding tert-OH is 1. The molecule has 3 N–H and O–H groups in total. The molecule has 2 aromatic carbocycles. The number of hydrogen-bond donors (Lipinski definition) is 3. The van der Waals surface area contributed by atoms with Gasteiger partial charge in [-0.15, -0.1) is 0 Å². The molecule has 1 fully saturated rings. The van der Waals surface area contributed by atoms with Gasteiger partial charge in [0.15, 0.2) is 5.79 Å². The average molecular weight is 559 g/mol. The number of carbonyl (C=O) groups is 1. The van der Waals surface area contributed by atoms with Crippen molar-refractivity contribution < 1.29 is 28.5 Å². The number of benzene rings is 2. The third-order valence-corrected chi connectivity index (χ3v) is 11.7. The molecule has 3 rings (SSSR count). The molecule has 1 heterocycles. The number of amides is 1. The molecule has 0 spiro atoms. The van der Waals surface area contributed by atoms with E-state index >= 15 is 0 Å². The highest BCUT2D eigenvalue weighted by Gasteiger charge is 2.52. The minimum absolute atomic E-state index is 0.0557. The van der Waals surface area contributed by atoms with Crippen molar-refractivity contribution in [3.63, 3.8) is 0 Å². The molecule has 1 aliphatic rings. The van der Waals surface area contributed by atoms with Crippen LogP contribution in [0.4, 0.5) is 4.79 Å². The molecule has 8 nitrogen and oxygen atoms in total. The highest BCUT2D eigenvalue weighted by molar-refractivity contribution is 6.99. The van der Waals surface area contributed by atoms with Gasteiger partial charge >= 0.3 is 6.09 Å². The monoisotopic (exact) mass is 558 g/mol. The topological polar surface area (TPSA) is 98.3 Å². The van der Waals surface area contributed by atoms with E-state index in [1.165, 1.54) is 0 Å². The van der Waals surface area contributed by atoms with E-state index in [0.29, 0.717) is 0 Å². The molecule has 9 heteroatoms. The van der Waals surface area contributed by atoms with E-state index in [0.717, 1.165) is 10.4 Å². The lowest BCUT2D eigenvalue weighted by Crippen LogP contribution is -2.67. The molecule has 0 aliphatic carbocycles. The smallest absolute Gasteiger partial charge is 0.422 e. The van der Waals surface area contributed by atoms with Gasteiger partial charge in [-0.3, -0.25) is 5.43 Å². The fourth-order valence-electron chi connectivity index (χ4n) is 5.13. The normalized spacial score (nSPS) is 21.3. The molecule has 4 atom stereocenters. The zero-order valence-electron chi connectivity index (χ0n) is 24.8. The largest absolute Gasteiger partial charge is 0.443 e. The van der Waals surface area contributed by atoms with Gasteiger partial charge in [0.1, 0.15) is 23.9 Å². The summed E-state index contributed by atoms with van der Waals surface area (Å²) in [7, 11) is -2.85. The van der Waals surface area contributed by atoms with Gasteiger partial charge in [0.2, 0.25) is 0 Å². The van der Waals surface area contributed by atoms with E-state index in [2.05, 4.69) is 55.9 Å². The number of nitrogens with one attached hydrogen (secondary N) is 2. The first kappa shape index (κ1) is 31.3. The number of carbonyl (C=O) groups excluding carboxylic acids is 1. The first-order valence-corrected chi connectivity index (χ1v) is 15.5. The number of ether oxygens (including phenoxy) is 3. The lowest BCUT2D eigenvalue weighted by Gasteiger charge is -2.43. The van der Waals surface area contributed by atoms with Crippen LogP contribution < -0.4 is 21.2 Å². The van der Waals surface area contributed by atoms with Gasteiger partial charge in [0.05, 0.1) is 12.6 Å². The molecule has 0 radical (unpaired) electrons. The van der Waals surface area contributed by atoms with Crippen molar-refractivity contribution in [3.05, 3.63) is 60.7 Å². The van der Waals surface area contributed by atoms with Crippen LogP contribution in [0.5, 0.6) is 0 Å². The summed E-state index contributed by atoms with van der Waals surface area (Å²) in [4.78, 5) is 12.2. The Labute approximate surface area is 234 Å². The maximum absolute atomic E-state index is 12.2. The van der Waals surface area contributed by atoms with E-state index in [1.807, 2.05) is 57.2 Å². The molecule has 0 aromatic heterocycles. The molecular weight excluding hydrogens is 512 g/mol. The minimum atomic E-state index is -2.85. The predicted molar refractivity (Wildman–Crippen MR) is 155 cm³/mol. The molecule has 1 saturated heterocycles. The Hall–Kier alpha value is -2.27. The summed E-state index contributed by atoms with van der Waals surface area (Å²) < 4.78 is 24.6. The minimum Gasteiger partial charge on any atom is -0.443 e. The summed E-state index contributed by atoms with van der Waals surface area (Å²) in [5.41, 5.74) is 4.89. The van der Waals surface area contributed by atoms with E-state index in [-0.39, 0.29) is 11.6 Å². The second kappa shape index (κ2) is 12.1. The zero-order chi connectivity index (χ0) is 29.1. The van der Waals surface area contributed by atoms with Crippen LogP contribution in [0.2, 0.25) is 5.04 Å². The fourth-order valence-corrected chi connectivity index (χ4v) is 9.70. The van der Waals surface area contributed by atoms with Crippen LogP contribution >= 0.6 is 0 Å². The van der Waals surface area contributed by atoms with Crippen LogP contribution in [0, 0.1) is 0 Å². The lowest BCUT2D eigenvalue weighted by molar-refractivity contribution is -0.158. The molecule has 216 valence electrons. The van der Waals surface area contributed by atoms with Gasteiger partial charge in [-0.25, -0.2) is 10.2 Å². The molecule has 39 heavy (non-hydrogen) atoms. The van der Waals surface area contributed by atoms with Crippen molar-refractivity contribution in [2.24, 2.45) is 0 Å². The summed E-state index contributed by atoms with van der Waals surface area (Å²) >= 11 is 0. The number of hydrogen-bond acceptors (Lipinski definition) is 7. The SMILES string of the molecule is CC(NNC(=O)OC(C)(C)C)[C@H]1OC(C)(C)O[C@H]1[C@H](O)CO[Si](c1ccccc1)(c1ccccc1)C(C)(C)C. The van der Waals surface area contributed by atoms with E-state index in [1.54, 1.807) is 20.8 Å². The van der Waals surface area contributed by atoms with E-state index in [4.69, 9.17) is 18.6 Å². The van der Waals surface area contributed by atoms with Crippen LogP contribution in [-0.4, -0.2) is 61.9 Å². The predicted octanol–water partition coefficient (Wildman–Crippen LogP) is 3.86. The van der Waals surface area contributed by atoms with Crippen molar-refractivity contribution >= 4 is 24.8 Å². The second-order valence-electron chi connectivity index (χ2n) is 12.7. The second-order valence-corrected chi connectivity index (χ2v) is 17.0. The average Bonchev–Trinajstić information content (AvgIpc) is 3.18. The van der Waals surface area contributed by atoms with Gasteiger partial charge in [-0.1, -0.05) is 81.4 Å². The van der Waals surface area contributed by atoms with Crippen molar-refractivity contribution in [1.82, 2.24) is 10.9 Å². The number of hydrazine groups is 1. The molecule has 2 aromatic rings. The summed E-state index contributed by atoms with van der Waals surface area (Å²) in [5.74, 6) is -0.921. The number of aliphatic hydroxyl groups is 1. The fraction of sp³-hybridized carbons (Fsp3) is 0.567. The Morgan fingerprint density at radius 1 is 0.949 bits per heavy atom. The van der Waals surface area contributed by atoms with Gasteiger partial charge in [-0.2, -0.15) is 0 Å². The third-order valence-electron chi connectivity index (χ3n) is 6.72. The molecule has 0 bridgehead atoms. The Balaban J connectivity index is 1.83. The Kier molecular flexibility index (Phi) is 9.68. The van der Waals surface area contributed by atoms with Gasteiger partial charge in [0.25, 0.3) is 8.32 Å². The summed E-state index contributed by atoms with van der Waals surface area (Å²) in [5, 5.41) is 13.5. The Morgan fingerprint density at radius 2 is 1.44 bits per heavy atom. The van der Waals surface area contributed by atoms with Crippen molar-refractivity contribution in [2.45, 2.75) is 103 Å². The lowest BCUT2D eigenvalue weighted by atomic mass is 10.0. The summed E-state index contributed by atoms with van der Waals surface area (Å²) in [6.45, 7) is 17.5. The molecule has 1 amide bonds. The van der Waals surface area contributed by atoms with Crippen LogP contribution in [0.25, 0.3) is 0 Å². The maximum Gasteiger partial charge on any atom is 0.422 e. The van der Waals surface area contributed by atoms with Crippen molar-refractivity contribution in [1.29, 1.82) is 0 Å². The molecule has 0 saturated carbocycles. The third kappa shape index (κ3) is 7.68. The van der Waals surface area contributed by atoms with Crippen molar-refractivity contribution in [2.75, 3.05) is 6.61 Å². The highest BCUT2D eigenvalue weighted by Crippen LogP contribution is 2.38. The first-order chi connectivity index (χ1) is 18.1. The Bertz CT molecular complexity index is 1030. The zero-order valence-corrected chi connectivity index (χ0v) is 25.8. The van der Waals surface area contributed by atoms with Crippen molar-refractivity contribution in [3.8, 4) is 0 Å². The highest BCUT2D eigenvalue weighted by atomic mass is 28.4. The summed E-state index contributed by atoms with van der Waals surface area (Å²) in [6.07, 6.45) is -2.84. The maximum atomic E-state index is 12.2. The molecule has 1 aliphatic heterocycles. The van der Waals surface area contributed by atoms with E-state index in [9.17, 15) is 9.90 Å². The van der Waals surface area contributed by atoms with Gasteiger partial charge in [0, 0.05) is 0 Å². The van der Waals surface area contributed by atoms with Crippen LogP contribution in [0.3, 0.4) is 0 Å². The van der Waals surface area contributed by atoms with Crippen LogP contribution in [0.15, 0.2) is 60.7 Å². The molecular formula is C30H46N2O6Si. The van der Waals surface area contributed by atoms with E-state index < -0.39 is 50.2 Å².